The molecule has 0 heterocycles. The van der Waals surface area contributed by atoms with Crippen LogP contribution in [-0.2, 0) is 11.3 Å². The van der Waals surface area contributed by atoms with Crippen molar-refractivity contribution < 1.29 is 4.74 Å². The van der Waals surface area contributed by atoms with E-state index in [1.54, 1.807) is 7.11 Å². The fraction of sp³-hybridized carbons (Fsp3) is 0.353. The molecule has 0 spiro atoms. The molecule has 112 valence electrons. The molecule has 0 unspecified atom stereocenters. The number of hydrogen-bond donors (Lipinski definition) is 2. The maximum Gasteiger partial charge on any atom is 0.191 e. The molecule has 2 rings (SSSR count). The molecule has 2 aromatic carbocycles. The summed E-state index contributed by atoms with van der Waals surface area (Å²) in [5.74, 6) is 0.822. The molecule has 0 aromatic heterocycles. The van der Waals surface area contributed by atoms with Crippen LogP contribution in [0, 0.1) is 0 Å². The lowest BCUT2D eigenvalue weighted by Gasteiger charge is -2.11. The van der Waals surface area contributed by atoms with Crippen LogP contribution in [0.4, 0.5) is 0 Å². The Kier molecular flexibility index (Phi) is 6.03. The summed E-state index contributed by atoms with van der Waals surface area (Å²) in [5, 5.41) is 9.01. The summed E-state index contributed by atoms with van der Waals surface area (Å²) in [6.45, 7) is 4.97. The molecular formula is C17H23N3O. The standard InChI is InChI=1S/C17H23N3O/c1-3-18-17(19-11-12-21-2)20-13-15-9-6-8-14-7-4-5-10-16(14)15/h4-10H,3,11-13H2,1-2H3,(H2,18,19,20). The minimum Gasteiger partial charge on any atom is -0.383 e. The molecule has 0 aliphatic rings. The number of nitrogens with zero attached hydrogens (tertiary/aromatic N) is 1. The molecular weight excluding hydrogens is 262 g/mol. The molecule has 0 saturated heterocycles. The Hall–Kier alpha value is -2.07. The van der Waals surface area contributed by atoms with E-state index in [4.69, 9.17) is 4.74 Å². The van der Waals surface area contributed by atoms with Crippen LogP contribution in [-0.4, -0.2) is 32.8 Å². The van der Waals surface area contributed by atoms with Crippen molar-refractivity contribution in [2.45, 2.75) is 13.5 Å². The van der Waals surface area contributed by atoms with Gasteiger partial charge in [0.25, 0.3) is 0 Å². The highest BCUT2D eigenvalue weighted by Gasteiger charge is 2.01. The third kappa shape index (κ3) is 4.46. The highest BCUT2D eigenvalue weighted by atomic mass is 16.5. The van der Waals surface area contributed by atoms with E-state index in [0.29, 0.717) is 13.2 Å². The third-order valence-electron chi connectivity index (χ3n) is 3.23. The Morgan fingerprint density at radius 1 is 1.10 bits per heavy atom. The zero-order valence-electron chi connectivity index (χ0n) is 12.7. The van der Waals surface area contributed by atoms with Crippen LogP contribution >= 0.6 is 0 Å². The summed E-state index contributed by atoms with van der Waals surface area (Å²) in [4.78, 5) is 4.64. The van der Waals surface area contributed by atoms with Crippen molar-refractivity contribution in [3.63, 3.8) is 0 Å². The molecule has 0 fully saturated rings. The van der Waals surface area contributed by atoms with Gasteiger partial charge in [0.2, 0.25) is 0 Å². The van der Waals surface area contributed by atoms with Crippen LogP contribution in [0.15, 0.2) is 47.5 Å². The first-order chi connectivity index (χ1) is 10.3. The number of hydrogen-bond acceptors (Lipinski definition) is 2. The van der Waals surface area contributed by atoms with Crippen LogP contribution < -0.4 is 10.6 Å². The fourth-order valence-electron chi connectivity index (χ4n) is 2.21. The van der Waals surface area contributed by atoms with Gasteiger partial charge in [-0.15, -0.1) is 0 Å². The monoisotopic (exact) mass is 285 g/mol. The summed E-state index contributed by atoms with van der Waals surface area (Å²) < 4.78 is 5.05. The summed E-state index contributed by atoms with van der Waals surface area (Å²) in [5.41, 5.74) is 1.23. The van der Waals surface area contributed by atoms with Crippen molar-refractivity contribution >= 4 is 16.7 Å². The minimum absolute atomic E-state index is 0.656. The van der Waals surface area contributed by atoms with Gasteiger partial charge in [0.15, 0.2) is 5.96 Å². The highest BCUT2D eigenvalue weighted by Crippen LogP contribution is 2.18. The van der Waals surface area contributed by atoms with Crippen molar-refractivity contribution in [3.05, 3.63) is 48.0 Å². The van der Waals surface area contributed by atoms with Gasteiger partial charge < -0.3 is 15.4 Å². The molecule has 0 saturated carbocycles. The molecule has 2 aromatic rings. The third-order valence-corrected chi connectivity index (χ3v) is 3.23. The number of ether oxygens (including phenoxy) is 1. The second-order valence-electron chi connectivity index (χ2n) is 4.75. The Bertz CT molecular complexity index is 590. The van der Waals surface area contributed by atoms with Gasteiger partial charge in [-0.1, -0.05) is 42.5 Å². The molecule has 2 N–H and O–H groups in total. The smallest absolute Gasteiger partial charge is 0.191 e. The minimum atomic E-state index is 0.656. The van der Waals surface area contributed by atoms with Gasteiger partial charge in [0, 0.05) is 20.2 Å². The van der Waals surface area contributed by atoms with Crippen molar-refractivity contribution in [2.24, 2.45) is 4.99 Å². The Labute approximate surface area is 126 Å². The lowest BCUT2D eigenvalue weighted by atomic mass is 10.1. The number of aliphatic imine (C=N–C) groups is 1. The lowest BCUT2D eigenvalue weighted by Crippen LogP contribution is -2.38. The Morgan fingerprint density at radius 3 is 2.71 bits per heavy atom. The number of fused-ring (bicyclic) bond motifs is 1. The van der Waals surface area contributed by atoms with Gasteiger partial charge in [0.05, 0.1) is 13.2 Å². The van der Waals surface area contributed by atoms with E-state index >= 15 is 0 Å². The average Bonchev–Trinajstić information content (AvgIpc) is 2.53. The lowest BCUT2D eigenvalue weighted by molar-refractivity contribution is 0.203. The molecule has 21 heavy (non-hydrogen) atoms. The SMILES string of the molecule is CCNC(=NCc1cccc2ccccc12)NCCOC. The predicted octanol–water partition coefficient (Wildman–Crippen LogP) is 2.54. The first kappa shape index (κ1) is 15.3. The first-order valence-corrected chi connectivity index (χ1v) is 7.33. The molecule has 0 aliphatic heterocycles. The summed E-state index contributed by atoms with van der Waals surface area (Å²) in [6, 6.07) is 14.7. The van der Waals surface area contributed by atoms with Gasteiger partial charge in [-0.3, -0.25) is 0 Å². The van der Waals surface area contributed by atoms with E-state index < -0.39 is 0 Å². The van der Waals surface area contributed by atoms with Crippen molar-refractivity contribution in [1.82, 2.24) is 10.6 Å². The first-order valence-electron chi connectivity index (χ1n) is 7.33. The van der Waals surface area contributed by atoms with Crippen molar-refractivity contribution in [3.8, 4) is 0 Å². The van der Waals surface area contributed by atoms with Gasteiger partial charge >= 0.3 is 0 Å². The quantitative estimate of drug-likeness (QED) is 0.487. The Balaban J connectivity index is 2.11. The number of benzene rings is 2. The van der Waals surface area contributed by atoms with Gasteiger partial charge in [-0.25, -0.2) is 4.99 Å². The number of nitrogens with one attached hydrogen (secondary N) is 2. The average molecular weight is 285 g/mol. The van der Waals surface area contributed by atoms with Gasteiger partial charge in [-0.2, -0.15) is 0 Å². The van der Waals surface area contributed by atoms with Crippen LogP contribution in [0.1, 0.15) is 12.5 Å². The van der Waals surface area contributed by atoms with Gasteiger partial charge in [0.1, 0.15) is 0 Å². The zero-order chi connectivity index (χ0) is 14.9. The van der Waals surface area contributed by atoms with E-state index in [-0.39, 0.29) is 0 Å². The summed E-state index contributed by atoms with van der Waals surface area (Å²) in [6.07, 6.45) is 0. The van der Waals surface area contributed by atoms with E-state index in [2.05, 4.69) is 65.0 Å². The number of methoxy groups -OCH3 is 1. The highest BCUT2D eigenvalue weighted by molar-refractivity contribution is 5.86. The topological polar surface area (TPSA) is 45.7 Å². The normalized spacial score (nSPS) is 11.6. The molecule has 0 amide bonds. The predicted molar refractivity (Wildman–Crippen MR) is 88.6 cm³/mol. The van der Waals surface area contributed by atoms with E-state index in [1.165, 1.54) is 16.3 Å². The van der Waals surface area contributed by atoms with Crippen LogP contribution in [0.2, 0.25) is 0 Å². The van der Waals surface area contributed by atoms with E-state index in [0.717, 1.165) is 19.0 Å². The molecule has 0 radical (unpaired) electrons. The molecule has 0 bridgehead atoms. The van der Waals surface area contributed by atoms with Crippen LogP contribution in [0.25, 0.3) is 10.8 Å². The maximum atomic E-state index is 5.05. The number of rotatable bonds is 6. The molecule has 4 heteroatoms. The second-order valence-corrected chi connectivity index (χ2v) is 4.75. The van der Waals surface area contributed by atoms with Crippen molar-refractivity contribution in [2.75, 3.05) is 26.8 Å². The zero-order valence-corrected chi connectivity index (χ0v) is 12.7. The van der Waals surface area contributed by atoms with Crippen molar-refractivity contribution in [1.29, 1.82) is 0 Å². The molecule has 0 aliphatic carbocycles. The van der Waals surface area contributed by atoms with E-state index in [1.807, 2.05) is 0 Å². The second kappa shape index (κ2) is 8.27. The van der Waals surface area contributed by atoms with E-state index in [9.17, 15) is 0 Å². The van der Waals surface area contributed by atoms with Crippen LogP contribution in [0.3, 0.4) is 0 Å². The van der Waals surface area contributed by atoms with Gasteiger partial charge in [-0.05, 0) is 23.3 Å². The maximum absolute atomic E-state index is 5.05. The Morgan fingerprint density at radius 2 is 1.90 bits per heavy atom. The summed E-state index contributed by atoms with van der Waals surface area (Å²) in [7, 11) is 1.70. The largest absolute Gasteiger partial charge is 0.383 e. The number of guanidine groups is 1. The molecule has 0 atom stereocenters. The summed E-state index contributed by atoms with van der Waals surface area (Å²) >= 11 is 0. The fourth-order valence-corrected chi connectivity index (χ4v) is 2.21. The molecule has 4 nitrogen and oxygen atoms in total. The van der Waals surface area contributed by atoms with Crippen LogP contribution in [0.5, 0.6) is 0 Å².